The van der Waals surface area contributed by atoms with Gasteiger partial charge in [-0.05, 0) is 31.0 Å². The van der Waals surface area contributed by atoms with Crippen molar-refractivity contribution >= 4 is 28.7 Å². The van der Waals surface area contributed by atoms with Crippen molar-refractivity contribution in [3.63, 3.8) is 0 Å². The molecule has 2 aliphatic rings. The fourth-order valence-electron chi connectivity index (χ4n) is 3.23. The lowest BCUT2D eigenvalue weighted by Gasteiger charge is -2.17. The SMILES string of the molecule is CC1N=C(N2CCC(NCCC(F)(F)F)C2=O)SC1C(=O)NCc1ccc(F)cc1. The number of thioether (sulfide) groups is 1. The highest BCUT2D eigenvalue weighted by atomic mass is 32.2. The zero-order chi connectivity index (χ0) is 21.9. The maximum atomic E-state index is 13.0. The summed E-state index contributed by atoms with van der Waals surface area (Å²) in [5, 5.41) is 5.32. The maximum Gasteiger partial charge on any atom is 0.390 e. The second-order valence-electron chi connectivity index (χ2n) is 7.19. The van der Waals surface area contributed by atoms with Crippen molar-refractivity contribution in [1.29, 1.82) is 0 Å². The van der Waals surface area contributed by atoms with Crippen LogP contribution in [-0.2, 0) is 16.1 Å². The molecule has 2 amide bonds. The van der Waals surface area contributed by atoms with Gasteiger partial charge in [0.1, 0.15) is 11.1 Å². The Bertz CT molecular complexity index is 816. The molecule has 0 aliphatic carbocycles. The van der Waals surface area contributed by atoms with Crippen molar-refractivity contribution in [1.82, 2.24) is 15.5 Å². The van der Waals surface area contributed by atoms with Crippen LogP contribution in [-0.4, -0.2) is 58.5 Å². The number of likely N-dealkylation sites (tertiary alicyclic amines) is 1. The van der Waals surface area contributed by atoms with Crippen LogP contribution in [0.4, 0.5) is 17.6 Å². The molecule has 2 N–H and O–H groups in total. The highest BCUT2D eigenvalue weighted by Crippen LogP contribution is 2.31. The van der Waals surface area contributed by atoms with E-state index in [4.69, 9.17) is 0 Å². The van der Waals surface area contributed by atoms with Gasteiger partial charge in [-0.15, -0.1) is 0 Å². The van der Waals surface area contributed by atoms with Crippen molar-refractivity contribution in [2.75, 3.05) is 13.1 Å². The summed E-state index contributed by atoms with van der Waals surface area (Å²) in [6, 6.07) is 4.75. The molecule has 0 spiro atoms. The third-order valence-electron chi connectivity index (χ3n) is 4.86. The second-order valence-corrected chi connectivity index (χ2v) is 8.29. The van der Waals surface area contributed by atoms with Gasteiger partial charge in [-0.1, -0.05) is 23.9 Å². The standard InChI is InChI=1S/C19H22F4N4O2S/c1-11-15(16(28)25-10-12-2-4-13(20)5-3-12)30-18(26-11)27-9-6-14(17(27)29)24-8-7-19(21,22)23/h2-5,11,14-15,24H,6-10H2,1H3,(H,25,28). The zero-order valence-electron chi connectivity index (χ0n) is 16.2. The number of amidine groups is 1. The van der Waals surface area contributed by atoms with Crippen LogP contribution in [0.2, 0.25) is 0 Å². The molecule has 3 unspecified atom stereocenters. The van der Waals surface area contributed by atoms with Crippen molar-refractivity contribution in [2.45, 2.75) is 49.8 Å². The van der Waals surface area contributed by atoms with Gasteiger partial charge in [0.2, 0.25) is 11.8 Å². The number of hydrogen-bond acceptors (Lipinski definition) is 5. The van der Waals surface area contributed by atoms with E-state index in [-0.39, 0.29) is 36.8 Å². The second kappa shape index (κ2) is 9.34. The Labute approximate surface area is 175 Å². The van der Waals surface area contributed by atoms with Gasteiger partial charge in [-0.2, -0.15) is 13.2 Å². The fraction of sp³-hybridized carbons (Fsp3) is 0.526. The largest absolute Gasteiger partial charge is 0.390 e. The first kappa shape index (κ1) is 22.5. The monoisotopic (exact) mass is 446 g/mol. The lowest BCUT2D eigenvalue weighted by molar-refractivity contribution is -0.135. The molecule has 3 atom stereocenters. The molecule has 1 aromatic carbocycles. The Balaban J connectivity index is 1.50. The van der Waals surface area contributed by atoms with E-state index >= 15 is 0 Å². The lowest BCUT2D eigenvalue weighted by Crippen LogP contribution is -2.41. The third kappa shape index (κ3) is 5.72. The smallest absolute Gasteiger partial charge is 0.351 e. The summed E-state index contributed by atoms with van der Waals surface area (Å²) in [4.78, 5) is 30.9. The van der Waals surface area contributed by atoms with Crippen LogP contribution in [0.25, 0.3) is 0 Å². The molecule has 11 heteroatoms. The summed E-state index contributed by atoms with van der Waals surface area (Å²) >= 11 is 1.17. The number of carbonyl (C=O) groups is 2. The highest BCUT2D eigenvalue weighted by molar-refractivity contribution is 8.15. The molecular weight excluding hydrogens is 424 g/mol. The summed E-state index contributed by atoms with van der Waals surface area (Å²) in [5.74, 6) is -0.936. The first-order chi connectivity index (χ1) is 14.1. The van der Waals surface area contributed by atoms with Gasteiger partial charge in [0.05, 0.1) is 18.5 Å². The van der Waals surface area contributed by atoms with E-state index in [1.165, 1.54) is 28.8 Å². The molecule has 0 radical (unpaired) electrons. The molecule has 0 saturated carbocycles. The number of hydrogen-bond donors (Lipinski definition) is 2. The van der Waals surface area contributed by atoms with Crippen LogP contribution in [0.3, 0.4) is 0 Å². The van der Waals surface area contributed by atoms with E-state index in [0.717, 1.165) is 5.56 Å². The first-order valence-corrected chi connectivity index (χ1v) is 10.4. The zero-order valence-corrected chi connectivity index (χ0v) is 17.0. The topological polar surface area (TPSA) is 73.8 Å². The molecule has 2 heterocycles. The highest BCUT2D eigenvalue weighted by Gasteiger charge is 2.41. The number of benzene rings is 1. The quantitative estimate of drug-likeness (QED) is 0.659. The van der Waals surface area contributed by atoms with E-state index in [1.54, 1.807) is 19.1 Å². The predicted molar refractivity (Wildman–Crippen MR) is 105 cm³/mol. The van der Waals surface area contributed by atoms with Crippen molar-refractivity contribution in [3.05, 3.63) is 35.6 Å². The van der Waals surface area contributed by atoms with Gasteiger partial charge in [-0.3, -0.25) is 19.5 Å². The average Bonchev–Trinajstić information content (AvgIpc) is 3.23. The molecule has 1 aromatic rings. The molecule has 164 valence electrons. The number of halogens is 4. The minimum Gasteiger partial charge on any atom is -0.351 e. The Morgan fingerprint density at radius 2 is 2.00 bits per heavy atom. The minimum atomic E-state index is -4.27. The van der Waals surface area contributed by atoms with Gasteiger partial charge in [0, 0.05) is 19.6 Å². The van der Waals surface area contributed by atoms with E-state index in [2.05, 4.69) is 15.6 Å². The minimum absolute atomic E-state index is 0.242. The van der Waals surface area contributed by atoms with Crippen molar-refractivity contribution in [2.24, 2.45) is 4.99 Å². The van der Waals surface area contributed by atoms with E-state index in [0.29, 0.717) is 18.1 Å². The molecule has 0 bridgehead atoms. The van der Waals surface area contributed by atoms with Gasteiger partial charge in [-0.25, -0.2) is 4.39 Å². The molecule has 1 fully saturated rings. The molecular formula is C19H22F4N4O2S. The van der Waals surface area contributed by atoms with Crippen LogP contribution in [0, 0.1) is 5.82 Å². The molecule has 30 heavy (non-hydrogen) atoms. The van der Waals surface area contributed by atoms with Crippen molar-refractivity contribution in [3.8, 4) is 0 Å². The number of nitrogens with one attached hydrogen (secondary N) is 2. The van der Waals surface area contributed by atoms with Crippen LogP contribution < -0.4 is 10.6 Å². The first-order valence-electron chi connectivity index (χ1n) is 9.52. The fourth-order valence-corrected chi connectivity index (χ4v) is 4.44. The third-order valence-corrected chi connectivity index (χ3v) is 6.26. The van der Waals surface area contributed by atoms with E-state index in [1.807, 2.05) is 0 Å². The number of alkyl halides is 3. The molecule has 0 aromatic heterocycles. The van der Waals surface area contributed by atoms with Crippen LogP contribution >= 0.6 is 11.8 Å². The van der Waals surface area contributed by atoms with E-state index in [9.17, 15) is 27.2 Å². The summed E-state index contributed by atoms with van der Waals surface area (Å²) in [6.07, 6.45) is -4.89. The summed E-state index contributed by atoms with van der Waals surface area (Å²) < 4.78 is 49.8. The Kier molecular flexibility index (Phi) is 7.02. The Hall–Kier alpha value is -2.14. The van der Waals surface area contributed by atoms with Crippen molar-refractivity contribution < 1.29 is 27.2 Å². The number of amides is 2. The van der Waals surface area contributed by atoms with Crippen LogP contribution in [0.15, 0.2) is 29.3 Å². The number of rotatable bonds is 6. The maximum absolute atomic E-state index is 13.0. The Morgan fingerprint density at radius 1 is 1.30 bits per heavy atom. The summed E-state index contributed by atoms with van der Waals surface area (Å²) in [7, 11) is 0. The molecule has 2 aliphatic heterocycles. The summed E-state index contributed by atoms with van der Waals surface area (Å²) in [5.41, 5.74) is 0.754. The lowest BCUT2D eigenvalue weighted by atomic mass is 10.2. The van der Waals surface area contributed by atoms with Gasteiger partial charge in [0.25, 0.3) is 0 Å². The van der Waals surface area contributed by atoms with Gasteiger partial charge in [0.15, 0.2) is 5.17 Å². The van der Waals surface area contributed by atoms with E-state index < -0.39 is 23.9 Å². The molecule has 6 nitrogen and oxygen atoms in total. The summed E-state index contributed by atoms with van der Waals surface area (Å²) in [6.45, 7) is 2.02. The van der Waals surface area contributed by atoms with Crippen LogP contribution in [0.1, 0.15) is 25.3 Å². The number of aliphatic imine (C=N–C) groups is 1. The number of carbonyl (C=O) groups excluding carboxylic acids is 2. The number of nitrogens with zero attached hydrogens (tertiary/aromatic N) is 2. The average molecular weight is 446 g/mol. The van der Waals surface area contributed by atoms with Gasteiger partial charge < -0.3 is 10.6 Å². The molecule has 3 rings (SSSR count). The normalized spacial score (nSPS) is 24.3. The van der Waals surface area contributed by atoms with Gasteiger partial charge >= 0.3 is 6.18 Å². The Morgan fingerprint density at radius 3 is 2.67 bits per heavy atom. The van der Waals surface area contributed by atoms with Crippen LogP contribution in [0.5, 0.6) is 0 Å². The molecule has 1 saturated heterocycles. The predicted octanol–water partition coefficient (Wildman–Crippen LogP) is 2.44.